The van der Waals surface area contributed by atoms with Crippen LogP contribution in [0.1, 0.15) is 12.8 Å². The standard InChI is InChI=1S/C11H19N3O3S/c1-12-11-9-10(5-7-13-11)18(15,16)14-6-3-4-8-17-2/h5,7,9,14H,3-4,6,8H2,1-2H3,(H,12,13). The van der Waals surface area contributed by atoms with Crippen molar-refractivity contribution in [1.82, 2.24) is 9.71 Å². The van der Waals surface area contributed by atoms with Crippen LogP contribution in [0.2, 0.25) is 0 Å². The Morgan fingerprint density at radius 2 is 2.17 bits per heavy atom. The van der Waals surface area contributed by atoms with Gasteiger partial charge in [0.2, 0.25) is 10.0 Å². The highest BCUT2D eigenvalue weighted by Crippen LogP contribution is 2.11. The Bertz CT molecular complexity index is 462. The fourth-order valence-electron chi connectivity index (χ4n) is 1.38. The quantitative estimate of drug-likeness (QED) is 0.686. The maximum absolute atomic E-state index is 11.9. The Labute approximate surface area is 108 Å². The van der Waals surface area contributed by atoms with Crippen molar-refractivity contribution in [2.45, 2.75) is 17.7 Å². The number of aromatic nitrogens is 1. The van der Waals surface area contributed by atoms with Crippen LogP contribution in [-0.2, 0) is 14.8 Å². The number of anilines is 1. The number of hydrogen-bond acceptors (Lipinski definition) is 5. The number of rotatable bonds is 8. The van der Waals surface area contributed by atoms with Gasteiger partial charge in [0.1, 0.15) is 5.82 Å². The van der Waals surface area contributed by atoms with Gasteiger partial charge in [0, 0.05) is 39.6 Å². The highest BCUT2D eigenvalue weighted by Gasteiger charge is 2.13. The van der Waals surface area contributed by atoms with Crippen molar-refractivity contribution in [3.05, 3.63) is 18.3 Å². The van der Waals surface area contributed by atoms with Crippen molar-refractivity contribution in [2.75, 3.05) is 32.6 Å². The normalized spacial score (nSPS) is 11.4. The Morgan fingerprint density at radius 3 is 2.83 bits per heavy atom. The van der Waals surface area contributed by atoms with E-state index >= 15 is 0 Å². The molecule has 0 aliphatic heterocycles. The zero-order valence-electron chi connectivity index (χ0n) is 10.6. The Hall–Kier alpha value is -1.18. The van der Waals surface area contributed by atoms with Crippen LogP contribution in [0, 0.1) is 0 Å². The van der Waals surface area contributed by atoms with Crippen LogP contribution in [0.15, 0.2) is 23.2 Å². The second-order valence-corrected chi connectivity index (χ2v) is 5.49. The van der Waals surface area contributed by atoms with E-state index in [4.69, 9.17) is 4.74 Å². The minimum Gasteiger partial charge on any atom is -0.385 e. The predicted octanol–water partition coefficient (Wildman–Crippen LogP) is 0.828. The largest absolute Gasteiger partial charge is 0.385 e. The lowest BCUT2D eigenvalue weighted by Crippen LogP contribution is -2.25. The van der Waals surface area contributed by atoms with Gasteiger partial charge in [0.25, 0.3) is 0 Å². The molecule has 1 aromatic heterocycles. The monoisotopic (exact) mass is 273 g/mol. The van der Waals surface area contributed by atoms with E-state index < -0.39 is 10.0 Å². The maximum Gasteiger partial charge on any atom is 0.240 e. The first-order valence-electron chi connectivity index (χ1n) is 5.72. The van der Waals surface area contributed by atoms with Gasteiger partial charge in [-0.05, 0) is 18.9 Å². The molecule has 0 radical (unpaired) electrons. The average molecular weight is 273 g/mol. The van der Waals surface area contributed by atoms with E-state index in [1.54, 1.807) is 14.2 Å². The van der Waals surface area contributed by atoms with E-state index in [9.17, 15) is 8.42 Å². The molecular weight excluding hydrogens is 254 g/mol. The van der Waals surface area contributed by atoms with Gasteiger partial charge in [-0.3, -0.25) is 0 Å². The second kappa shape index (κ2) is 7.30. The van der Waals surface area contributed by atoms with E-state index in [0.29, 0.717) is 19.0 Å². The van der Waals surface area contributed by atoms with Gasteiger partial charge in [-0.15, -0.1) is 0 Å². The van der Waals surface area contributed by atoms with Crippen LogP contribution in [0.4, 0.5) is 5.82 Å². The number of nitrogens with one attached hydrogen (secondary N) is 2. The molecule has 1 heterocycles. The average Bonchev–Trinajstić information content (AvgIpc) is 2.38. The molecule has 0 aliphatic carbocycles. The topological polar surface area (TPSA) is 80.3 Å². The summed E-state index contributed by atoms with van der Waals surface area (Å²) in [6, 6.07) is 2.97. The van der Waals surface area contributed by atoms with Crippen molar-refractivity contribution in [1.29, 1.82) is 0 Å². The summed E-state index contributed by atoms with van der Waals surface area (Å²) in [5.74, 6) is 0.525. The van der Waals surface area contributed by atoms with Gasteiger partial charge in [0.05, 0.1) is 4.90 Å². The van der Waals surface area contributed by atoms with E-state index in [0.717, 1.165) is 12.8 Å². The molecule has 0 bridgehead atoms. The predicted molar refractivity (Wildman–Crippen MR) is 70.1 cm³/mol. The molecule has 18 heavy (non-hydrogen) atoms. The van der Waals surface area contributed by atoms with Gasteiger partial charge >= 0.3 is 0 Å². The lowest BCUT2D eigenvalue weighted by atomic mass is 10.3. The molecule has 0 unspecified atom stereocenters. The highest BCUT2D eigenvalue weighted by atomic mass is 32.2. The molecule has 102 valence electrons. The van der Waals surface area contributed by atoms with Crippen LogP contribution in [-0.4, -0.2) is 40.7 Å². The van der Waals surface area contributed by atoms with Crippen LogP contribution in [0.3, 0.4) is 0 Å². The summed E-state index contributed by atoms with van der Waals surface area (Å²) in [5.41, 5.74) is 0. The minimum absolute atomic E-state index is 0.216. The smallest absolute Gasteiger partial charge is 0.240 e. The summed E-state index contributed by atoms with van der Waals surface area (Å²) in [7, 11) is -0.134. The summed E-state index contributed by atoms with van der Waals surface area (Å²) in [5, 5.41) is 2.80. The molecule has 0 fully saturated rings. The Morgan fingerprint density at radius 1 is 1.39 bits per heavy atom. The highest BCUT2D eigenvalue weighted by molar-refractivity contribution is 7.89. The number of ether oxygens (including phenoxy) is 1. The van der Waals surface area contributed by atoms with Crippen molar-refractivity contribution < 1.29 is 13.2 Å². The van der Waals surface area contributed by atoms with Crippen molar-refractivity contribution >= 4 is 15.8 Å². The molecule has 6 nitrogen and oxygen atoms in total. The van der Waals surface area contributed by atoms with E-state index in [-0.39, 0.29) is 4.90 Å². The number of hydrogen-bond donors (Lipinski definition) is 2. The molecule has 0 atom stereocenters. The van der Waals surface area contributed by atoms with E-state index in [2.05, 4.69) is 15.0 Å². The maximum atomic E-state index is 11.9. The van der Waals surface area contributed by atoms with Crippen molar-refractivity contribution in [3.8, 4) is 0 Å². The lowest BCUT2D eigenvalue weighted by Gasteiger charge is -2.07. The van der Waals surface area contributed by atoms with Crippen LogP contribution >= 0.6 is 0 Å². The van der Waals surface area contributed by atoms with Crippen LogP contribution in [0.5, 0.6) is 0 Å². The first-order valence-corrected chi connectivity index (χ1v) is 7.21. The van der Waals surface area contributed by atoms with Gasteiger partial charge in [-0.1, -0.05) is 0 Å². The van der Waals surface area contributed by atoms with Crippen LogP contribution < -0.4 is 10.0 Å². The molecule has 0 aliphatic rings. The Kier molecular flexibility index (Phi) is 6.03. The van der Waals surface area contributed by atoms with Crippen LogP contribution in [0.25, 0.3) is 0 Å². The number of methoxy groups -OCH3 is 1. The Balaban J connectivity index is 2.57. The van der Waals surface area contributed by atoms with E-state index in [1.165, 1.54) is 18.3 Å². The lowest BCUT2D eigenvalue weighted by molar-refractivity contribution is 0.193. The molecule has 0 aromatic carbocycles. The minimum atomic E-state index is -3.45. The molecule has 1 aromatic rings. The molecule has 2 N–H and O–H groups in total. The van der Waals surface area contributed by atoms with Gasteiger partial charge in [0.15, 0.2) is 0 Å². The fourth-order valence-corrected chi connectivity index (χ4v) is 2.46. The number of sulfonamides is 1. The summed E-state index contributed by atoms with van der Waals surface area (Å²) in [6.45, 7) is 1.05. The summed E-state index contributed by atoms with van der Waals surface area (Å²) >= 11 is 0. The zero-order chi connectivity index (χ0) is 13.4. The van der Waals surface area contributed by atoms with Crippen molar-refractivity contribution in [2.24, 2.45) is 0 Å². The van der Waals surface area contributed by atoms with Crippen molar-refractivity contribution in [3.63, 3.8) is 0 Å². The van der Waals surface area contributed by atoms with Gasteiger partial charge in [-0.25, -0.2) is 18.1 Å². The summed E-state index contributed by atoms with van der Waals surface area (Å²) in [6.07, 6.45) is 3.04. The second-order valence-electron chi connectivity index (χ2n) is 3.72. The fraction of sp³-hybridized carbons (Fsp3) is 0.545. The van der Waals surface area contributed by atoms with Gasteiger partial charge < -0.3 is 10.1 Å². The number of pyridine rings is 1. The molecule has 1 rings (SSSR count). The summed E-state index contributed by atoms with van der Waals surface area (Å²) in [4.78, 5) is 4.19. The molecule has 0 saturated heterocycles. The SMILES string of the molecule is CNc1cc(S(=O)(=O)NCCCCOC)ccn1. The third-order valence-electron chi connectivity index (χ3n) is 2.37. The molecular formula is C11H19N3O3S. The van der Waals surface area contributed by atoms with E-state index in [1.807, 2.05) is 0 Å². The first kappa shape index (κ1) is 14.9. The number of unbranched alkanes of at least 4 members (excludes halogenated alkanes) is 1. The third kappa shape index (κ3) is 4.59. The number of nitrogens with zero attached hydrogens (tertiary/aromatic N) is 1. The molecule has 0 amide bonds. The molecule has 0 spiro atoms. The zero-order valence-corrected chi connectivity index (χ0v) is 11.5. The first-order chi connectivity index (χ1) is 8.60. The molecule has 7 heteroatoms. The van der Waals surface area contributed by atoms with Gasteiger partial charge in [-0.2, -0.15) is 0 Å². The molecule has 0 saturated carbocycles. The summed E-state index contributed by atoms with van der Waals surface area (Å²) < 4.78 is 31.3. The third-order valence-corrected chi connectivity index (χ3v) is 3.82.